The van der Waals surface area contributed by atoms with Crippen molar-refractivity contribution >= 4 is 11.4 Å². The van der Waals surface area contributed by atoms with Crippen LogP contribution in [-0.4, -0.2) is 6.61 Å². The van der Waals surface area contributed by atoms with E-state index in [9.17, 15) is 8.78 Å². The van der Waals surface area contributed by atoms with E-state index in [1.165, 1.54) is 6.07 Å². The zero-order chi connectivity index (χ0) is 14.5. The van der Waals surface area contributed by atoms with E-state index >= 15 is 0 Å². The maximum atomic E-state index is 12.3. The summed E-state index contributed by atoms with van der Waals surface area (Å²) in [6.07, 6.45) is 0. The number of anilines is 2. The van der Waals surface area contributed by atoms with Gasteiger partial charge in [-0.2, -0.15) is 14.0 Å². The molecule has 0 aromatic heterocycles. The fourth-order valence-electron chi connectivity index (χ4n) is 1.77. The Morgan fingerprint density at radius 1 is 1.15 bits per heavy atom. The fourth-order valence-corrected chi connectivity index (χ4v) is 1.77. The lowest BCUT2D eigenvalue weighted by molar-refractivity contribution is -0.0493. The molecular formula is C15H12F2N2O. The van der Waals surface area contributed by atoms with Crippen molar-refractivity contribution in [2.24, 2.45) is 0 Å². The van der Waals surface area contributed by atoms with Gasteiger partial charge in [0, 0.05) is 0 Å². The molecule has 1 N–H and O–H groups in total. The van der Waals surface area contributed by atoms with E-state index in [2.05, 4.69) is 16.1 Å². The number of alkyl halides is 2. The Kier molecular flexibility index (Phi) is 4.16. The molecule has 2 aromatic carbocycles. The molecule has 0 spiro atoms. The van der Waals surface area contributed by atoms with Crippen molar-refractivity contribution in [1.29, 1.82) is 5.26 Å². The van der Waals surface area contributed by atoms with Gasteiger partial charge in [-0.15, -0.1) is 0 Å². The molecule has 0 saturated heterocycles. The highest BCUT2D eigenvalue weighted by Crippen LogP contribution is 2.30. The monoisotopic (exact) mass is 274 g/mol. The third kappa shape index (κ3) is 3.23. The van der Waals surface area contributed by atoms with E-state index in [4.69, 9.17) is 5.26 Å². The standard InChI is InChI=1S/C15H12F2N2O/c1-10-6-7-12(11(8-10)9-18)19-13-4-2-3-5-14(13)20-15(16)17/h2-8,15,19H,1H3. The summed E-state index contributed by atoms with van der Waals surface area (Å²) in [6, 6.07) is 13.7. The molecule has 5 heteroatoms. The molecule has 0 amide bonds. The summed E-state index contributed by atoms with van der Waals surface area (Å²) < 4.78 is 29.1. The highest BCUT2D eigenvalue weighted by molar-refractivity contribution is 5.70. The minimum Gasteiger partial charge on any atom is -0.433 e. The van der Waals surface area contributed by atoms with Crippen molar-refractivity contribution in [2.75, 3.05) is 5.32 Å². The van der Waals surface area contributed by atoms with E-state index in [0.29, 0.717) is 16.9 Å². The lowest BCUT2D eigenvalue weighted by atomic mass is 10.1. The van der Waals surface area contributed by atoms with Crippen LogP contribution in [0.3, 0.4) is 0 Å². The summed E-state index contributed by atoms with van der Waals surface area (Å²) in [5.41, 5.74) is 2.32. The highest BCUT2D eigenvalue weighted by atomic mass is 19.3. The number of para-hydroxylation sites is 2. The highest BCUT2D eigenvalue weighted by Gasteiger charge is 2.10. The van der Waals surface area contributed by atoms with Gasteiger partial charge in [0.1, 0.15) is 11.8 Å². The number of ether oxygens (including phenoxy) is 1. The van der Waals surface area contributed by atoms with Gasteiger partial charge in [-0.3, -0.25) is 0 Å². The number of hydrogen-bond donors (Lipinski definition) is 1. The predicted molar refractivity (Wildman–Crippen MR) is 72.3 cm³/mol. The minimum atomic E-state index is -2.90. The molecule has 0 aliphatic rings. The van der Waals surface area contributed by atoms with E-state index in [1.54, 1.807) is 30.3 Å². The van der Waals surface area contributed by atoms with Gasteiger partial charge >= 0.3 is 6.61 Å². The summed E-state index contributed by atoms with van der Waals surface area (Å²) >= 11 is 0. The van der Waals surface area contributed by atoms with Gasteiger partial charge in [0.05, 0.1) is 16.9 Å². The van der Waals surface area contributed by atoms with Crippen molar-refractivity contribution < 1.29 is 13.5 Å². The lowest BCUT2D eigenvalue weighted by Crippen LogP contribution is -2.04. The third-order valence-corrected chi connectivity index (χ3v) is 2.67. The zero-order valence-electron chi connectivity index (χ0n) is 10.7. The Labute approximate surface area is 115 Å². The Morgan fingerprint density at radius 2 is 1.90 bits per heavy atom. The quantitative estimate of drug-likeness (QED) is 0.908. The Hall–Kier alpha value is -2.61. The fraction of sp³-hybridized carbons (Fsp3) is 0.133. The van der Waals surface area contributed by atoms with Crippen LogP contribution in [0.1, 0.15) is 11.1 Å². The molecule has 0 unspecified atom stereocenters. The van der Waals surface area contributed by atoms with Gasteiger partial charge in [0.15, 0.2) is 0 Å². The van der Waals surface area contributed by atoms with Gasteiger partial charge in [-0.05, 0) is 36.8 Å². The van der Waals surface area contributed by atoms with Crippen molar-refractivity contribution in [3.8, 4) is 11.8 Å². The number of hydrogen-bond acceptors (Lipinski definition) is 3. The topological polar surface area (TPSA) is 45.0 Å². The van der Waals surface area contributed by atoms with Gasteiger partial charge in [-0.1, -0.05) is 18.2 Å². The smallest absolute Gasteiger partial charge is 0.387 e. The number of halogens is 2. The largest absolute Gasteiger partial charge is 0.433 e. The average molecular weight is 274 g/mol. The Bertz CT molecular complexity index is 651. The second-order valence-corrected chi connectivity index (χ2v) is 4.16. The van der Waals surface area contributed by atoms with Crippen LogP contribution in [0.25, 0.3) is 0 Å². The van der Waals surface area contributed by atoms with Gasteiger partial charge in [-0.25, -0.2) is 0 Å². The number of nitriles is 1. The molecule has 2 rings (SSSR count). The van der Waals surface area contributed by atoms with Gasteiger partial charge in [0.25, 0.3) is 0 Å². The molecule has 2 aromatic rings. The van der Waals surface area contributed by atoms with Crippen LogP contribution in [0.2, 0.25) is 0 Å². The average Bonchev–Trinajstić information content (AvgIpc) is 2.42. The van der Waals surface area contributed by atoms with Crippen LogP contribution >= 0.6 is 0 Å². The summed E-state index contributed by atoms with van der Waals surface area (Å²) in [5.74, 6) is 0.0342. The molecule has 0 aliphatic heterocycles. The van der Waals surface area contributed by atoms with E-state index in [1.807, 2.05) is 13.0 Å². The first-order chi connectivity index (χ1) is 9.60. The van der Waals surface area contributed by atoms with Crippen LogP contribution in [0, 0.1) is 18.3 Å². The first kappa shape index (κ1) is 13.8. The molecule has 0 heterocycles. The van der Waals surface area contributed by atoms with Crippen LogP contribution < -0.4 is 10.1 Å². The zero-order valence-corrected chi connectivity index (χ0v) is 10.7. The third-order valence-electron chi connectivity index (χ3n) is 2.67. The number of aryl methyl sites for hydroxylation is 1. The second kappa shape index (κ2) is 6.02. The first-order valence-electron chi connectivity index (χ1n) is 5.92. The Morgan fingerprint density at radius 3 is 2.60 bits per heavy atom. The van der Waals surface area contributed by atoms with Crippen LogP contribution in [-0.2, 0) is 0 Å². The molecular weight excluding hydrogens is 262 g/mol. The van der Waals surface area contributed by atoms with Crippen molar-refractivity contribution in [1.82, 2.24) is 0 Å². The summed E-state index contributed by atoms with van der Waals surface area (Å²) in [7, 11) is 0. The summed E-state index contributed by atoms with van der Waals surface area (Å²) in [6.45, 7) is -1.02. The molecule has 0 saturated carbocycles. The van der Waals surface area contributed by atoms with Gasteiger partial charge in [0.2, 0.25) is 0 Å². The normalized spacial score (nSPS) is 10.2. The Balaban J connectivity index is 2.33. The van der Waals surface area contributed by atoms with Crippen molar-refractivity contribution in [3.05, 3.63) is 53.6 Å². The lowest BCUT2D eigenvalue weighted by Gasteiger charge is -2.13. The molecule has 0 aliphatic carbocycles. The maximum Gasteiger partial charge on any atom is 0.387 e. The van der Waals surface area contributed by atoms with Crippen molar-refractivity contribution in [2.45, 2.75) is 13.5 Å². The second-order valence-electron chi connectivity index (χ2n) is 4.16. The van der Waals surface area contributed by atoms with Crippen molar-refractivity contribution in [3.63, 3.8) is 0 Å². The van der Waals surface area contributed by atoms with Crippen LogP contribution in [0.4, 0.5) is 20.2 Å². The number of rotatable bonds is 4. The van der Waals surface area contributed by atoms with Crippen LogP contribution in [0.15, 0.2) is 42.5 Å². The molecule has 0 atom stereocenters. The molecule has 0 bridgehead atoms. The number of nitrogens with one attached hydrogen (secondary N) is 1. The van der Waals surface area contributed by atoms with Gasteiger partial charge < -0.3 is 10.1 Å². The molecule has 0 fully saturated rings. The predicted octanol–water partition coefficient (Wildman–Crippen LogP) is 4.21. The molecule has 102 valence electrons. The number of nitrogens with zero attached hydrogens (tertiary/aromatic N) is 1. The van der Waals surface area contributed by atoms with Crippen LogP contribution in [0.5, 0.6) is 5.75 Å². The molecule has 3 nitrogen and oxygen atoms in total. The van der Waals surface area contributed by atoms with E-state index in [-0.39, 0.29) is 5.75 Å². The SMILES string of the molecule is Cc1ccc(Nc2ccccc2OC(F)F)c(C#N)c1. The van der Waals surface area contributed by atoms with E-state index in [0.717, 1.165) is 5.56 Å². The van der Waals surface area contributed by atoms with E-state index < -0.39 is 6.61 Å². The molecule has 20 heavy (non-hydrogen) atoms. The summed E-state index contributed by atoms with van der Waals surface area (Å²) in [5, 5.41) is 12.0. The number of benzene rings is 2. The maximum absolute atomic E-state index is 12.3. The first-order valence-corrected chi connectivity index (χ1v) is 5.92. The minimum absolute atomic E-state index is 0.0342. The summed E-state index contributed by atoms with van der Waals surface area (Å²) in [4.78, 5) is 0. The molecule has 0 radical (unpaired) electrons.